The van der Waals surface area contributed by atoms with E-state index in [4.69, 9.17) is 0 Å². The maximum atomic E-state index is 10.9. The Hall–Kier alpha value is -0.830. The molecular weight excluding hydrogens is 276 g/mol. The molecule has 0 aliphatic carbocycles. The van der Waals surface area contributed by atoms with Crippen molar-refractivity contribution in [2.24, 2.45) is 0 Å². The molecule has 0 aromatic heterocycles. The van der Waals surface area contributed by atoms with Crippen molar-refractivity contribution < 1.29 is 14.6 Å². The van der Waals surface area contributed by atoms with Crippen molar-refractivity contribution in [3.63, 3.8) is 0 Å². The number of carbonyl (C=O) groups is 1. The average Bonchev–Trinajstić information content (AvgIpc) is 2.52. The first-order valence-corrected chi connectivity index (χ1v) is 9.12. The molecule has 1 unspecified atom stereocenters. The van der Waals surface area contributed by atoms with Crippen LogP contribution in [0.25, 0.3) is 0 Å². The Morgan fingerprint density at radius 2 is 1.64 bits per heavy atom. The zero-order valence-corrected chi connectivity index (χ0v) is 14.7. The lowest BCUT2D eigenvalue weighted by atomic mass is 10.1. The highest BCUT2D eigenvalue weighted by atomic mass is 16.5. The third-order valence-corrected chi connectivity index (χ3v) is 3.94. The monoisotopic (exact) mass is 312 g/mol. The number of rotatable bonds is 15. The Morgan fingerprint density at radius 3 is 2.36 bits per heavy atom. The van der Waals surface area contributed by atoms with E-state index < -0.39 is 0 Å². The number of ether oxygens (including phenoxy) is 1. The molecule has 0 fully saturated rings. The average molecular weight is 312 g/mol. The first kappa shape index (κ1) is 21.2. The Bertz CT molecular complexity index is 274. The second kappa shape index (κ2) is 16.5. The summed E-state index contributed by atoms with van der Waals surface area (Å²) in [5.74, 6) is -0.105. The van der Waals surface area contributed by atoms with Gasteiger partial charge in [0, 0.05) is 6.42 Å². The van der Waals surface area contributed by atoms with Gasteiger partial charge in [-0.3, -0.25) is 4.79 Å². The number of aliphatic hydroxyl groups is 1. The predicted molar refractivity (Wildman–Crippen MR) is 92.9 cm³/mol. The molecule has 0 saturated heterocycles. The normalized spacial score (nSPS) is 12.7. The fourth-order valence-electron chi connectivity index (χ4n) is 2.47. The Morgan fingerprint density at radius 1 is 1.00 bits per heavy atom. The zero-order valence-electron chi connectivity index (χ0n) is 14.7. The van der Waals surface area contributed by atoms with E-state index in [0.29, 0.717) is 6.42 Å². The van der Waals surface area contributed by atoms with E-state index in [-0.39, 0.29) is 12.1 Å². The minimum absolute atomic E-state index is 0.105. The van der Waals surface area contributed by atoms with E-state index in [2.05, 4.69) is 17.7 Å². The highest BCUT2D eigenvalue weighted by Gasteiger charge is 2.00. The molecule has 0 heterocycles. The van der Waals surface area contributed by atoms with E-state index in [1.165, 1.54) is 45.6 Å². The molecule has 0 aromatic rings. The molecule has 1 N–H and O–H groups in total. The molecule has 0 aromatic carbocycles. The molecule has 0 amide bonds. The van der Waals surface area contributed by atoms with Crippen molar-refractivity contribution in [2.75, 3.05) is 7.11 Å². The number of allylic oxidation sites excluding steroid dienone is 1. The molecule has 0 bridgehead atoms. The summed E-state index contributed by atoms with van der Waals surface area (Å²) in [6.07, 6.45) is 18.1. The lowest BCUT2D eigenvalue weighted by Gasteiger charge is -2.05. The van der Waals surface area contributed by atoms with Crippen molar-refractivity contribution in [3.05, 3.63) is 12.2 Å². The third-order valence-electron chi connectivity index (χ3n) is 3.94. The van der Waals surface area contributed by atoms with E-state index in [9.17, 15) is 9.90 Å². The van der Waals surface area contributed by atoms with Crippen LogP contribution in [0.4, 0.5) is 0 Å². The number of esters is 1. The number of aliphatic hydroxyl groups excluding tert-OH is 1. The molecule has 3 heteroatoms. The molecule has 1 atom stereocenters. The Labute approximate surface area is 137 Å². The maximum absolute atomic E-state index is 10.9. The van der Waals surface area contributed by atoms with E-state index in [1.54, 1.807) is 0 Å². The predicted octanol–water partition coefficient (Wildman–Crippen LogP) is 5.17. The summed E-state index contributed by atoms with van der Waals surface area (Å²) in [5.41, 5.74) is 0. The second-order valence-electron chi connectivity index (χ2n) is 6.08. The number of hydrogen-bond donors (Lipinski definition) is 1. The minimum atomic E-state index is -0.262. The molecule has 0 spiro atoms. The molecule has 22 heavy (non-hydrogen) atoms. The lowest BCUT2D eigenvalue weighted by Crippen LogP contribution is -2.01. The van der Waals surface area contributed by atoms with Gasteiger partial charge in [-0.1, -0.05) is 70.4 Å². The van der Waals surface area contributed by atoms with Crippen molar-refractivity contribution >= 4 is 5.97 Å². The summed E-state index contributed by atoms with van der Waals surface area (Å²) in [7, 11) is 1.44. The van der Waals surface area contributed by atoms with Gasteiger partial charge in [-0.2, -0.15) is 0 Å². The van der Waals surface area contributed by atoms with Gasteiger partial charge in [0.2, 0.25) is 0 Å². The van der Waals surface area contributed by atoms with Crippen LogP contribution >= 0.6 is 0 Å². The summed E-state index contributed by atoms with van der Waals surface area (Å²) in [4.78, 5) is 10.9. The van der Waals surface area contributed by atoms with Crippen LogP contribution in [0.3, 0.4) is 0 Å². The second-order valence-corrected chi connectivity index (χ2v) is 6.08. The topological polar surface area (TPSA) is 46.5 Å². The van der Waals surface area contributed by atoms with Gasteiger partial charge in [0.15, 0.2) is 0 Å². The van der Waals surface area contributed by atoms with Gasteiger partial charge in [-0.05, 0) is 25.7 Å². The van der Waals surface area contributed by atoms with Crippen molar-refractivity contribution in [1.82, 2.24) is 0 Å². The van der Waals surface area contributed by atoms with Gasteiger partial charge in [0.05, 0.1) is 13.2 Å². The molecule has 0 aliphatic heterocycles. The molecule has 0 radical (unpaired) electrons. The summed E-state index contributed by atoms with van der Waals surface area (Å²) in [5, 5.41) is 9.82. The SMILES string of the molecule is CCCCCCCC(O)/C=C/CCCCCCCC(=O)OC. The quantitative estimate of drug-likeness (QED) is 0.258. The van der Waals surface area contributed by atoms with Crippen molar-refractivity contribution in [1.29, 1.82) is 0 Å². The van der Waals surface area contributed by atoms with Crippen LogP contribution in [-0.4, -0.2) is 24.3 Å². The lowest BCUT2D eigenvalue weighted by molar-refractivity contribution is -0.140. The van der Waals surface area contributed by atoms with Gasteiger partial charge in [-0.25, -0.2) is 0 Å². The smallest absolute Gasteiger partial charge is 0.305 e. The standard InChI is InChI=1S/C19H36O3/c1-3-4-5-9-12-15-18(20)16-13-10-7-6-8-11-14-17-19(21)22-2/h13,16,18,20H,3-12,14-15,17H2,1-2H3/b16-13+. The molecule has 3 nitrogen and oxygen atoms in total. The van der Waals surface area contributed by atoms with E-state index >= 15 is 0 Å². The van der Waals surface area contributed by atoms with Crippen molar-refractivity contribution in [3.8, 4) is 0 Å². The summed E-state index contributed by atoms with van der Waals surface area (Å²) in [6.45, 7) is 2.22. The van der Waals surface area contributed by atoms with Gasteiger partial charge in [-0.15, -0.1) is 0 Å². The molecule has 0 rings (SSSR count). The molecule has 130 valence electrons. The molecule has 0 aliphatic rings. The zero-order chi connectivity index (χ0) is 16.5. The van der Waals surface area contributed by atoms with Gasteiger partial charge < -0.3 is 9.84 Å². The number of hydrogen-bond acceptors (Lipinski definition) is 3. The summed E-state index contributed by atoms with van der Waals surface area (Å²) >= 11 is 0. The van der Waals surface area contributed by atoms with Crippen LogP contribution in [0.2, 0.25) is 0 Å². The van der Waals surface area contributed by atoms with Crippen LogP contribution in [0.5, 0.6) is 0 Å². The van der Waals surface area contributed by atoms with Gasteiger partial charge in [0.1, 0.15) is 0 Å². The first-order valence-electron chi connectivity index (χ1n) is 9.12. The molecular formula is C19H36O3. The van der Waals surface area contributed by atoms with Gasteiger partial charge >= 0.3 is 5.97 Å². The fourth-order valence-corrected chi connectivity index (χ4v) is 2.47. The molecule has 0 saturated carbocycles. The number of carbonyl (C=O) groups excluding carboxylic acids is 1. The first-order chi connectivity index (χ1) is 10.7. The Balaban J connectivity index is 3.30. The number of methoxy groups -OCH3 is 1. The van der Waals surface area contributed by atoms with Gasteiger partial charge in [0.25, 0.3) is 0 Å². The van der Waals surface area contributed by atoms with Crippen LogP contribution < -0.4 is 0 Å². The van der Waals surface area contributed by atoms with E-state index in [0.717, 1.165) is 38.5 Å². The third kappa shape index (κ3) is 15.6. The highest BCUT2D eigenvalue weighted by molar-refractivity contribution is 5.68. The van der Waals surface area contributed by atoms with Crippen LogP contribution in [0.1, 0.15) is 90.4 Å². The summed E-state index contributed by atoms with van der Waals surface area (Å²) in [6, 6.07) is 0. The van der Waals surface area contributed by atoms with Crippen LogP contribution in [-0.2, 0) is 9.53 Å². The van der Waals surface area contributed by atoms with Crippen molar-refractivity contribution in [2.45, 2.75) is 96.5 Å². The summed E-state index contributed by atoms with van der Waals surface area (Å²) < 4.78 is 4.61. The van der Waals surface area contributed by atoms with E-state index in [1.807, 2.05) is 6.08 Å². The highest BCUT2D eigenvalue weighted by Crippen LogP contribution is 2.10. The fraction of sp³-hybridized carbons (Fsp3) is 0.842. The van der Waals surface area contributed by atoms with Crippen LogP contribution in [0.15, 0.2) is 12.2 Å². The number of unbranched alkanes of at least 4 members (excludes halogenated alkanes) is 9. The minimum Gasteiger partial charge on any atom is -0.469 e. The van der Waals surface area contributed by atoms with Crippen LogP contribution in [0, 0.1) is 0 Å². The Kier molecular flexibility index (Phi) is 15.9. The maximum Gasteiger partial charge on any atom is 0.305 e. The largest absolute Gasteiger partial charge is 0.469 e.